The molecule has 1 rings (SSSR count). The van der Waals surface area contributed by atoms with E-state index in [1.807, 2.05) is 20.8 Å². The largest absolute Gasteiger partial charge is 0.496 e. The van der Waals surface area contributed by atoms with E-state index in [2.05, 4.69) is 0 Å². The SMILES string of the molecule is CCC(O)(c1cc(C)cc(C(C)(C)C)c1OC)C(F)(F)F. The normalized spacial score (nSPS) is 15.7. The van der Waals surface area contributed by atoms with Gasteiger partial charge in [-0.3, -0.25) is 0 Å². The van der Waals surface area contributed by atoms with Gasteiger partial charge in [-0.25, -0.2) is 0 Å². The first-order chi connectivity index (χ1) is 9.38. The van der Waals surface area contributed by atoms with E-state index in [9.17, 15) is 18.3 Å². The second-order valence-electron chi connectivity index (χ2n) is 6.35. The molecule has 1 aromatic carbocycles. The van der Waals surface area contributed by atoms with E-state index >= 15 is 0 Å². The van der Waals surface area contributed by atoms with Crippen LogP contribution in [0, 0.1) is 6.92 Å². The van der Waals surface area contributed by atoms with Crippen LogP contribution in [0.25, 0.3) is 0 Å². The summed E-state index contributed by atoms with van der Waals surface area (Å²) in [5, 5.41) is 10.2. The number of aryl methyl sites for hydroxylation is 1. The number of hydrogen-bond donors (Lipinski definition) is 1. The Labute approximate surface area is 123 Å². The van der Waals surface area contributed by atoms with Crippen LogP contribution in [0.3, 0.4) is 0 Å². The van der Waals surface area contributed by atoms with E-state index in [-0.39, 0.29) is 11.3 Å². The molecule has 1 N–H and O–H groups in total. The molecule has 5 heteroatoms. The van der Waals surface area contributed by atoms with Crippen molar-refractivity contribution in [1.29, 1.82) is 0 Å². The first-order valence-corrected chi connectivity index (χ1v) is 6.87. The zero-order valence-electron chi connectivity index (χ0n) is 13.4. The van der Waals surface area contributed by atoms with E-state index in [0.29, 0.717) is 11.1 Å². The molecule has 0 aliphatic carbocycles. The minimum atomic E-state index is -4.77. The zero-order chi connectivity index (χ0) is 16.6. The number of benzene rings is 1. The van der Waals surface area contributed by atoms with Gasteiger partial charge in [-0.05, 0) is 24.8 Å². The highest BCUT2D eigenvalue weighted by Gasteiger charge is 2.55. The van der Waals surface area contributed by atoms with Crippen molar-refractivity contribution < 1.29 is 23.0 Å². The molecule has 120 valence electrons. The molecule has 0 saturated carbocycles. The number of aliphatic hydroxyl groups is 1. The van der Waals surface area contributed by atoms with E-state index in [4.69, 9.17) is 4.74 Å². The highest BCUT2D eigenvalue weighted by Crippen LogP contribution is 2.48. The van der Waals surface area contributed by atoms with Crippen LogP contribution in [0.4, 0.5) is 13.2 Å². The van der Waals surface area contributed by atoms with Gasteiger partial charge in [-0.2, -0.15) is 13.2 Å². The van der Waals surface area contributed by atoms with Crippen molar-refractivity contribution in [3.8, 4) is 5.75 Å². The summed E-state index contributed by atoms with van der Waals surface area (Å²) in [7, 11) is 1.33. The minimum Gasteiger partial charge on any atom is -0.496 e. The highest BCUT2D eigenvalue weighted by atomic mass is 19.4. The number of halogens is 3. The van der Waals surface area contributed by atoms with Crippen LogP contribution < -0.4 is 4.74 Å². The zero-order valence-corrected chi connectivity index (χ0v) is 13.4. The fourth-order valence-corrected chi connectivity index (χ4v) is 2.40. The summed E-state index contributed by atoms with van der Waals surface area (Å²) >= 11 is 0. The monoisotopic (exact) mass is 304 g/mol. The third-order valence-corrected chi connectivity index (χ3v) is 3.67. The third-order valence-electron chi connectivity index (χ3n) is 3.67. The summed E-state index contributed by atoms with van der Waals surface area (Å²) < 4.78 is 45.3. The quantitative estimate of drug-likeness (QED) is 0.893. The van der Waals surface area contributed by atoms with Crippen LogP contribution in [-0.4, -0.2) is 18.4 Å². The van der Waals surface area contributed by atoms with Gasteiger partial charge < -0.3 is 9.84 Å². The lowest BCUT2D eigenvalue weighted by Crippen LogP contribution is -2.42. The van der Waals surface area contributed by atoms with Gasteiger partial charge in [0.05, 0.1) is 7.11 Å². The Kier molecular flexibility index (Phi) is 4.68. The summed E-state index contributed by atoms with van der Waals surface area (Å²) in [5.74, 6) is 0.106. The van der Waals surface area contributed by atoms with Gasteiger partial charge in [-0.15, -0.1) is 0 Å². The van der Waals surface area contributed by atoms with Crippen LogP contribution in [0.2, 0.25) is 0 Å². The Balaban J connectivity index is 3.75. The van der Waals surface area contributed by atoms with Gasteiger partial charge in [0.15, 0.2) is 5.60 Å². The smallest absolute Gasteiger partial charge is 0.421 e. The Hall–Kier alpha value is -1.23. The number of rotatable bonds is 3. The average Bonchev–Trinajstić information content (AvgIpc) is 2.34. The molecule has 21 heavy (non-hydrogen) atoms. The molecule has 0 aliphatic heterocycles. The molecule has 2 nitrogen and oxygen atoms in total. The third kappa shape index (κ3) is 3.18. The van der Waals surface area contributed by atoms with Crippen LogP contribution in [0.1, 0.15) is 50.8 Å². The van der Waals surface area contributed by atoms with E-state index < -0.39 is 23.6 Å². The number of methoxy groups -OCH3 is 1. The number of hydrogen-bond acceptors (Lipinski definition) is 2. The summed E-state index contributed by atoms with van der Waals surface area (Å²) in [6, 6.07) is 3.15. The standard InChI is InChI=1S/C16H23F3O2/c1-7-15(20,16(17,18)19)12-9-10(2)8-11(13(12)21-6)14(3,4)5/h8-9,20H,7H2,1-6H3. The van der Waals surface area contributed by atoms with E-state index in [0.717, 1.165) is 0 Å². The fourth-order valence-electron chi connectivity index (χ4n) is 2.40. The molecule has 0 saturated heterocycles. The first kappa shape index (κ1) is 17.8. The van der Waals surface area contributed by atoms with E-state index in [1.165, 1.54) is 20.1 Å². The molecule has 0 fully saturated rings. The molecule has 0 radical (unpaired) electrons. The van der Waals surface area contributed by atoms with Gasteiger partial charge in [0, 0.05) is 11.1 Å². The highest BCUT2D eigenvalue weighted by molar-refractivity contribution is 5.50. The second-order valence-corrected chi connectivity index (χ2v) is 6.35. The molecule has 0 bridgehead atoms. The lowest BCUT2D eigenvalue weighted by atomic mass is 9.80. The Morgan fingerprint density at radius 2 is 1.57 bits per heavy atom. The average molecular weight is 304 g/mol. The molecule has 1 unspecified atom stereocenters. The van der Waals surface area contributed by atoms with Gasteiger partial charge in [0.1, 0.15) is 5.75 Å². The summed E-state index contributed by atoms with van der Waals surface area (Å²) in [5.41, 5.74) is -2.22. The maximum Gasteiger partial charge on any atom is 0.421 e. The van der Waals surface area contributed by atoms with Crippen LogP contribution >= 0.6 is 0 Å². The van der Waals surface area contributed by atoms with Crippen molar-refractivity contribution in [1.82, 2.24) is 0 Å². The fraction of sp³-hybridized carbons (Fsp3) is 0.625. The summed E-state index contributed by atoms with van der Waals surface area (Å²) in [6.07, 6.45) is -5.24. The Morgan fingerprint density at radius 3 is 1.90 bits per heavy atom. The van der Waals surface area contributed by atoms with Gasteiger partial charge in [-0.1, -0.05) is 39.3 Å². The van der Waals surface area contributed by atoms with Crippen LogP contribution in [0.15, 0.2) is 12.1 Å². The van der Waals surface area contributed by atoms with Crippen molar-refractivity contribution in [3.63, 3.8) is 0 Å². The minimum absolute atomic E-state index is 0.106. The Morgan fingerprint density at radius 1 is 1.10 bits per heavy atom. The molecule has 0 spiro atoms. The number of alkyl halides is 3. The first-order valence-electron chi connectivity index (χ1n) is 6.87. The maximum absolute atomic E-state index is 13.4. The molecule has 0 aromatic heterocycles. The topological polar surface area (TPSA) is 29.5 Å². The molecule has 1 aromatic rings. The molecular formula is C16H23F3O2. The van der Waals surface area contributed by atoms with E-state index in [1.54, 1.807) is 13.0 Å². The molecule has 0 heterocycles. The van der Waals surface area contributed by atoms with Crippen LogP contribution in [0.5, 0.6) is 5.75 Å². The predicted molar refractivity (Wildman–Crippen MR) is 76.7 cm³/mol. The summed E-state index contributed by atoms with van der Waals surface area (Å²) in [4.78, 5) is 0. The van der Waals surface area contributed by atoms with Gasteiger partial charge in [0.2, 0.25) is 0 Å². The van der Waals surface area contributed by atoms with Crippen molar-refractivity contribution in [2.45, 2.75) is 58.2 Å². The van der Waals surface area contributed by atoms with Gasteiger partial charge >= 0.3 is 6.18 Å². The number of ether oxygens (including phenoxy) is 1. The molecular weight excluding hydrogens is 281 g/mol. The lowest BCUT2D eigenvalue weighted by Gasteiger charge is -2.34. The molecule has 0 aliphatic rings. The summed E-state index contributed by atoms with van der Waals surface area (Å²) in [6.45, 7) is 8.71. The second kappa shape index (κ2) is 5.52. The molecule has 1 atom stereocenters. The van der Waals surface area contributed by atoms with Crippen molar-refractivity contribution in [3.05, 3.63) is 28.8 Å². The predicted octanol–water partition coefficient (Wildman–Crippen LogP) is 4.46. The molecule has 0 amide bonds. The van der Waals surface area contributed by atoms with Crippen molar-refractivity contribution in [2.75, 3.05) is 7.11 Å². The lowest BCUT2D eigenvalue weighted by molar-refractivity contribution is -0.268. The van der Waals surface area contributed by atoms with Gasteiger partial charge in [0.25, 0.3) is 0 Å². The Bertz CT molecular complexity index is 515. The van der Waals surface area contributed by atoms with Crippen molar-refractivity contribution >= 4 is 0 Å². The maximum atomic E-state index is 13.4. The van der Waals surface area contributed by atoms with Crippen LogP contribution in [-0.2, 0) is 11.0 Å². The van der Waals surface area contributed by atoms with Crippen molar-refractivity contribution in [2.24, 2.45) is 0 Å².